The van der Waals surface area contributed by atoms with Crippen molar-refractivity contribution in [3.05, 3.63) is 30.4 Å². The first kappa shape index (κ1) is 9.76. The molecule has 7 heteroatoms. The van der Waals surface area contributed by atoms with Gasteiger partial charge < -0.3 is 5.73 Å². The van der Waals surface area contributed by atoms with Crippen LogP contribution in [0.1, 0.15) is 5.69 Å². The van der Waals surface area contributed by atoms with Gasteiger partial charge in [0.05, 0.1) is 24.3 Å². The summed E-state index contributed by atoms with van der Waals surface area (Å²) in [6, 6.07) is 1.76. The Morgan fingerprint density at radius 1 is 1.29 bits per heavy atom. The summed E-state index contributed by atoms with van der Waals surface area (Å²) in [5.74, 6) is 0. The second-order valence-electron chi connectivity index (χ2n) is 3.77. The quantitative estimate of drug-likeness (QED) is 0.677. The molecule has 0 aliphatic heterocycles. The Hall–Kier alpha value is -2.44. The van der Waals surface area contributed by atoms with E-state index < -0.39 is 0 Å². The Kier molecular flexibility index (Phi) is 2.04. The SMILES string of the molecule is Cn1ncc(Cn2ncc3c(N)ccnc32)n1. The highest BCUT2D eigenvalue weighted by Gasteiger charge is 2.08. The monoisotopic (exact) mass is 229 g/mol. The first-order chi connectivity index (χ1) is 8.24. The summed E-state index contributed by atoms with van der Waals surface area (Å²) >= 11 is 0. The van der Waals surface area contributed by atoms with Gasteiger partial charge in [-0.25, -0.2) is 9.67 Å². The standard InChI is InChI=1S/C10H11N7/c1-16-13-4-7(15-16)6-17-10-8(5-14-17)9(11)2-3-12-10/h2-5H,6H2,1H3,(H2,11,12). The highest BCUT2D eigenvalue weighted by molar-refractivity contribution is 5.87. The topological polar surface area (TPSA) is 87.4 Å². The van der Waals surface area contributed by atoms with Gasteiger partial charge in [-0.2, -0.15) is 20.1 Å². The molecule has 0 radical (unpaired) electrons. The smallest absolute Gasteiger partial charge is 0.160 e. The summed E-state index contributed by atoms with van der Waals surface area (Å²) in [5.41, 5.74) is 8.12. The van der Waals surface area contributed by atoms with E-state index in [1.54, 1.807) is 36.4 Å². The third-order valence-corrected chi connectivity index (χ3v) is 2.53. The van der Waals surface area contributed by atoms with Crippen LogP contribution in [-0.4, -0.2) is 29.8 Å². The molecule has 0 amide bonds. The normalized spacial score (nSPS) is 11.1. The second-order valence-corrected chi connectivity index (χ2v) is 3.77. The Bertz CT molecular complexity index is 666. The van der Waals surface area contributed by atoms with Gasteiger partial charge in [0, 0.05) is 18.9 Å². The number of hydrogen-bond acceptors (Lipinski definition) is 5. The first-order valence-electron chi connectivity index (χ1n) is 5.15. The van der Waals surface area contributed by atoms with Crippen LogP contribution in [-0.2, 0) is 13.6 Å². The summed E-state index contributed by atoms with van der Waals surface area (Å²) in [6.07, 6.45) is 5.10. The van der Waals surface area contributed by atoms with Crippen LogP contribution in [0.4, 0.5) is 5.69 Å². The van der Waals surface area contributed by atoms with E-state index in [4.69, 9.17) is 5.73 Å². The summed E-state index contributed by atoms with van der Waals surface area (Å²) in [5, 5.41) is 13.3. The second kappa shape index (κ2) is 3.55. The zero-order valence-corrected chi connectivity index (χ0v) is 9.28. The van der Waals surface area contributed by atoms with E-state index in [0.29, 0.717) is 12.2 Å². The zero-order valence-electron chi connectivity index (χ0n) is 9.28. The van der Waals surface area contributed by atoms with Crippen LogP contribution in [0.15, 0.2) is 24.7 Å². The van der Waals surface area contributed by atoms with Crippen molar-refractivity contribution in [2.45, 2.75) is 6.54 Å². The molecule has 0 saturated heterocycles. The number of nitrogen functional groups attached to an aromatic ring is 1. The summed E-state index contributed by atoms with van der Waals surface area (Å²) in [4.78, 5) is 5.79. The lowest BCUT2D eigenvalue weighted by Gasteiger charge is -1.99. The van der Waals surface area contributed by atoms with Gasteiger partial charge in [0.1, 0.15) is 5.69 Å². The number of aryl methyl sites for hydroxylation is 1. The minimum atomic E-state index is 0.536. The van der Waals surface area contributed by atoms with Gasteiger partial charge in [-0.15, -0.1) is 0 Å². The van der Waals surface area contributed by atoms with Crippen molar-refractivity contribution in [1.29, 1.82) is 0 Å². The van der Waals surface area contributed by atoms with E-state index in [2.05, 4.69) is 20.3 Å². The van der Waals surface area contributed by atoms with Crippen molar-refractivity contribution < 1.29 is 0 Å². The fourth-order valence-corrected chi connectivity index (χ4v) is 1.73. The van der Waals surface area contributed by atoms with E-state index in [0.717, 1.165) is 16.7 Å². The molecule has 7 nitrogen and oxygen atoms in total. The summed E-state index contributed by atoms with van der Waals surface area (Å²) in [7, 11) is 1.78. The Balaban J connectivity index is 2.04. The van der Waals surface area contributed by atoms with Gasteiger partial charge in [0.25, 0.3) is 0 Å². The van der Waals surface area contributed by atoms with Crippen LogP contribution in [0, 0.1) is 0 Å². The van der Waals surface area contributed by atoms with Crippen molar-refractivity contribution in [3.8, 4) is 0 Å². The Morgan fingerprint density at radius 3 is 2.94 bits per heavy atom. The van der Waals surface area contributed by atoms with Crippen molar-refractivity contribution in [2.75, 3.05) is 5.73 Å². The minimum absolute atomic E-state index is 0.536. The van der Waals surface area contributed by atoms with Crippen molar-refractivity contribution >= 4 is 16.7 Å². The molecule has 0 aromatic carbocycles. The Morgan fingerprint density at radius 2 is 2.18 bits per heavy atom. The molecule has 0 spiro atoms. The number of anilines is 1. The van der Waals surface area contributed by atoms with Crippen molar-refractivity contribution in [3.63, 3.8) is 0 Å². The van der Waals surface area contributed by atoms with E-state index in [1.807, 2.05) is 0 Å². The number of hydrogen-bond donors (Lipinski definition) is 1. The number of fused-ring (bicyclic) bond motifs is 1. The zero-order chi connectivity index (χ0) is 11.8. The molecule has 0 bridgehead atoms. The maximum atomic E-state index is 5.84. The first-order valence-corrected chi connectivity index (χ1v) is 5.15. The van der Waals surface area contributed by atoms with Crippen LogP contribution >= 0.6 is 0 Å². The molecule has 17 heavy (non-hydrogen) atoms. The van der Waals surface area contributed by atoms with Crippen molar-refractivity contribution in [1.82, 2.24) is 29.8 Å². The maximum absolute atomic E-state index is 5.84. The van der Waals surface area contributed by atoms with E-state index >= 15 is 0 Å². The molecule has 0 fully saturated rings. The molecule has 3 aromatic rings. The Labute approximate surface area is 96.9 Å². The molecule has 0 aliphatic carbocycles. The molecule has 0 unspecified atom stereocenters. The lowest BCUT2D eigenvalue weighted by molar-refractivity contribution is 0.625. The predicted molar refractivity (Wildman–Crippen MR) is 62.0 cm³/mol. The van der Waals surface area contributed by atoms with Gasteiger partial charge in [-0.1, -0.05) is 0 Å². The number of nitrogens with zero attached hydrogens (tertiary/aromatic N) is 6. The highest BCUT2D eigenvalue weighted by atomic mass is 15.5. The summed E-state index contributed by atoms with van der Waals surface area (Å²) < 4.78 is 1.76. The third-order valence-electron chi connectivity index (χ3n) is 2.53. The fourth-order valence-electron chi connectivity index (χ4n) is 1.73. The molecule has 3 heterocycles. The molecule has 3 aromatic heterocycles. The molecular formula is C10H11N7. The van der Waals surface area contributed by atoms with Gasteiger partial charge >= 0.3 is 0 Å². The number of pyridine rings is 1. The largest absolute Gasteiger partial charge is 0.398 e. The lowest BCUT2D eigenvalue weighted by atomic mass is 10.3. The maximum Gasteiger partial charge on any atom is 0.160 e. The van der Waals surface area contributed by atoms with E-state index in [-0.39, 0.29) is 0 Å². The predicted octanol–water partition coefficient (Wildman–Crippen LogP) is 0.190. The highest BCUT2D eigenvalue weighted by Crippen LogP contribution is 2.18. The lowest BCUT2D eigenvalue weighted by Crippen LogP contribution is -2.04. The molecular weight excluding hydrogens is 218 g/mol. The number of rotatable bonds is 2. The fraction of sp³-hybridized carbons (Fsp3) is 0.200. The molecule has 3 rings (SSSR count). The molecule has 2 N–H and O–H groups in total. The van der Waals surface area contributed by atoms with Crippen molar-refractivity contribution in [2.24, 2.45) is 7.05 Å². The molecule has 86 valence electrons. The third kappa shape index (κ3) is 1.61. The molecule has 0 saturated carbocycles. The van der Waals surface area contributed by atoms with Crippen LogP contribution < -0.4 is 5.73 Å². The summed E-state index contributed by atoms with van der Waals surface area (Å²) in [6.45, 7) is 0.536. The molecule has 0 atom stereocenters. The average Bonchev–Trinajstić information content (AvgIpc) is 2.88. The average molecular weight is 229 g/mol. The van der Waals surface area contributed by atoms with Crippen LogP contribution in [0.3, 0.4) is 0 Å². The van der Waals surface area contributed by atoms with Gasteiger partial charge in [0.2, 0.25) is 0 Å². The minimum Gasteiger partial charge on any atom is -0.398 e. The van der Waals surface area contributed by atoms with Crippen LogP contribution in [0.5, 0.6) is 0 Å². The van der Waals surface area contributed by atoms with Crippen LogP contribution in [0.2, 0.25) is 0 Å². The van der Waals surface area contributed by atoms with Gasteiger partial charge in [0.15, 0.2) is 5.65 Å². The van der Waals surface area contributed by atoms with Gasteiger partial charge in [-0.05, 0) is 6.07 Å². The molecule has 0 aliphatic rings. The number of aromatic nitrogens is 6. The van der Waals surface area contributed by atoms with Gasteiger partial charge in [-0.3, -0.25) is 0 Å². The van der Waals surface area contributed by atoms with E-state index in [9.17, 15) is 0 Å². The number of nitrogens with two attached hydrogens (primary N) is 1. The van der Waals surface area contributed by atoms with E-state index in [1.165, 1.54) is 4.80 Å². The van der Waals surface area contributed by atoms with Crippen LogP contribution in [0.25, 0.3) is 11.0 Å².